The van der Waals surface area contributed by atoms with Gasteiger partial charge in [0.1, 0.15) is 12.1 Å². The molecule has 0 fully saturated rings. The number of carbonyl (C=O) groups is 1. The molecule has 3 rings (SSSR count). The number of nitrogens with zero attached hydrogens (tertiary/aromatic N) is 2. The van der Waals surface area contributed by atoms with Gasteiger partial charge in [0.15, 0.2) is 0 Å². The van der Waals surface area contributed by atoms with E-state index in [0.717, 1.165) is 0 Å². The Balaban J connectivity index is 2.09. The van der Waals surface area contributed by atoms with Gasteiger partial charge in [0, 0.05) is 5.69 Å². The van der Waals surface area contributed by atoms with Gasteiger partial charge >= 0.3 is 0 Å². The second-order valence-corrected chi connectivity index (χ2v) is 4.42. The smallest absolute Gasteiger partial charge is 0.252 e. The maximum absolute atomic E-state index is 11.4. The monoisotopic (exact) mass is 280 g/mol. The van der Waals surface area contributed by atoms with Gasteiger partial charge in [-0.25, -0.2) is 9.97 Å². The minimum Gasteiger partial charge on any atom is -0.437 e. The Bertz CT molecular complexity index is 833. The second kappa shape index (κ2) is 5.09. The molecule has 6 nitrogen and oxygen atoms in total. The molecule has 21 heavy (non-hydrogen) atoms. The highest BCUT2D eigenvalue weighted by Gasteiger charge is 2.12. The van der Waals surface area contributed by atoms with Crippen LogP contribution in [0.25, 0.3) is 10.9 Å². The molecule has 0 aliphatic heterocycles. The van der Waals surface area contributed by atoms with E-state index in [2.05, 4.69) is 9.97 Å². The number of hydrogen-bond acceptors (Lipinski definition) is 5. The molecule has 0 radical (unpaired) electrons. The van der Waals surface area contributed by atoms with Gasteiger partial charge in [-0.1, -0.05) is 12.1 Å². The highest BCUT2D eigenvalue weighted by molar-refractivity contribution is 5.96. The van der Waals surface area contributed by atoms with Crippen molar-refractivity contribution in [2.45, 2.75) is 0 Å². The molecule has 0 aliphatic rings. The summed E-state index contributed by atoms with van der Waals surface area (Å²) in [5.74, 6) is 0.128. The first-order valence-electron chi connectivity index (χ1n) is 6.22. The van der Waals surface area contributed by atoms with Crippen molar-refractivity contribution in [3.05, 3.63) is 54.4 Å². The topological polar surface area (TPSA) is 104 Å². The molecule has 104 valence electrons. The van der Waals surface area contributed by atoms with Crippen LogP contribution in [0, 0.1) is 0 Å². The van der Waals surface area contributed by atoms with Crippen molar-refractivity contribution in [2.24, 2.45) is 5.73 Å². The zero-order chi connectivity index (χ0) is 14.8. The largest absolute Gasteiger partial charge is 0.437 e. The van der Waals surface area contributed by atoms with E-state index >= 15 is 0 Å². The van der Waals surface area contributed by atoms with E-state index in [-0.39, 0.29) is 0 Å². The van der Waals surface area contributed by atoms with E-state index in [1.54, 1.807) is 42.5 Å². The maximum Gasteiger partial charge on any atom is 0.252 e. The van der Waals surface area contributed by atoms with Crippen molar-refractivity contribution < 1.29 is 9.53 Å². The van der Waals surface area contributed by atoms with Gasteiger partial charge in [-0.2, -0.15) is 0 Å². The molecule has 3 aromatic rings. The number of fused-ring (bicyclic) bond motifs is 1. The Labute approximate surface area is 120 Å². The molecule has 6 heteroatoms. The molecule has 0 aliphatic carbocycles. The van der Waals surface area contributed by atoms with E-state index < -0.39 is 5.91 Å². The average molecular weight is 280 g/mol. The van der Waals surface area contributed by atoms with Crippen LogP contribution in [-0.2, 0) is 0 Å². The van der Waals surface area contributed by atoms with Crippen LogP contribution in [-0.4, -0.2) is 15.9 Å². The second-order valence-electron chi connectivity index (χ2n) is 4.42. The minimum absolute atomic E-state index is 0.291. The van der Waals surface area contributed by atoms with Gasteiger partial charge in [0.2, 0.25) is 5.88 Å². The van der Waals surface area contributed by atoms with Crippen molar-refractivity contribution in [1.29, 1.82) is 0 Å². The molecule has 0 spiro atoms. The molecule has 2 aromatic carbocycles. The summed E-state index contributed by atoms with van der Waals surface area (Å²) < 4.78 is 5.73. The first kappa shape index (κ1) is 12.9. The van der Waals surface area contributed by atoms with Gasteiger partial charge in [0.25, 0.3) is 5.91 Å². The van der Waals surface area contributed by atoms with Gasteiger partial charge in [-0.15, -0.1) is 0 Å². The quantitative estimate of drug-likeness (QED) is 0.715. The van der Waals surface area contributed by atoms with Crippen molar-refractivity contribution in [3.63, 3.8) is 0 Å². The standard InChI is InChI=1S/C15H12N4O2/c16-9-5-6-10-12(7-9)18-8-19-15(10)21-13-4-2-1-3-11(13)14(17)20/h1-8H,16H2,(H2,17,20). The van der Waals surface area contributed by atoms with Crippen LogP contribution < -0.4 is 16.2 Å². The number of ether oxygens (including phenoxy) is 1. The molecule has 0 atom stereocenters. The molecule has 1 heterocycles. The molecule has 0 saturated carbocycles. The lowest BCUT2D eigenvalue weighted by Gasteiger charge is -2.10. The number of para-hydroxylation sites is 1. The molecule has 0 saturated heterocycles. The number of hydrogen-bond donors (Lipinski definition) is 2. The van der Waals surface area contributed by atoms with Gasteiger partial charge in [-0.3, -0.25) is 4.79 Å². The van der Waals surface area contributed by atoms with Crippen LogP contribution >= 0.6 is 0 Å². The summed E-state index contributed by atoms with van der Waals surface area (Å²) in [7, 11) is 0. The third-order valence-corrected chi connectivity index (χ3v) is 2.98. The summed E-state index contributed by atoms with van der Waals surface area (Å²) in [6.07, 6.45) is 1.38. The number of benzene rings is 2. The number of amides is 1. The molecule has 0 bridgehead atoms. The maximum atomic E-state index is 11.4. The molecule has 1 aromatic heterocycles. The number of nitrogen functional groups attached to an aromatic ring is 1. The number of primary amides is 1. The van der Waals surface area contributed by atoms with E-state index in [4.69, 9.17) is 16.2 Å². The number of carbonyl (C=O) groups excluding carboxylic acids is 1. The van der Waals surface area contributed by atoms with Crippen LogP contribution in [0.4, 0.5) is 5.69 Å². The number of aromatic nitrogens is 2. The Morgan fingerprint density at radius 1 is 1.10 bits per heavy atom. The Kier molecular flexibility index (Phi) is 3.12. The van der Waals surface area contributed by atoms with Crippen LogP contribution in [0.5, 0.6) is 11.6 Å². The summed E-state index contributed by atoms with van der Waals surface area (Å²) in [5, 5.41) is 0.700. The molecule has 0 unspecified atom stereocenters. The summed E-state index contributed by atoms with van der Waals surface area (Å²) in [6, 6.07) is 12.0. The van der Waals surface area contributed by atoms with Crippen molar-refractivity contribution in [1.82, 2.24) is 9.97 Å². The third kappa shape index (κ3) is 2.46. The summed E-state index contributed by atoms with van der Waals surface area (Å²) in [4.78, 5) is 19.7. The first-order chi connectivity index (χ1) is 10.1. The van der Waals surface area contributed by atoms with Gasteiger partial charge < -0.3 is 16.2 Å². The average Bonchev–Trinajstić information content (AvgIpc) is 2.47. The van der Waals surface area contributed by atoms with Crippen LogP contribution in [0.1, 0.15) is 10.4 Å². The molecular weight excluding hydrogens is 268 g/mol. The van der Waals surface area contributed by atoms with Gasteiger partial charge in [-0.05, 0) is 30.3 Å². The summed E-state index contributed by atoms with van der Waals surface area (Å²) in [6.45, 7) is 0. The summed E-state index contributed by atoms with van der Waals surface area (Å²) in [5.41, 5.74) is 12.6. The highest BCUT2D eigenvalue weighted by Crippen LogP contribution is 2.29. The zero-order valence-corrected chi connectivity index (χ0v) is 11.0. The molecular formula is C15H12N4O2. The zero-order valence-electron chi connectivity index (χ0n) is 11.0. The number of anilines is 1. The lowest BCUT2D eigenvalue weighted by molar-refractivity contribution is 0.0998. The van der Waals surface area contributed by atoms with E-state index in [0.29, 0.717) is 33.8 Å². The lowest BCUT2D eigenvalue weighted by Crippen LogP contribution is -2.12. The predicted octanol–water partition coefficient (Wildman–Crippen LogP) is 2.10. The van der Waals surface area contributed by atoms with Crippen LogP contribution in [0.15, 0.2) is 48.8 Å². The van der Waals surface area contributed by atoms with Crippen molar-refractivity contribution in [3.8, 4) is 11.6 Å². The van der Waals surface area contributed by atoms with Crippen molar-refractivity contribution >= 4 is 22.5 Å². The fraction of sp³-hybridized carbons (Fsp3) is 0. The lowest BCUT2D eigenvalue weighted by atomic mass is 10.2. The minimum atomic E-state index is -0.562. The highest BCUT2D eigenvalue weighted by atomic mass is 16.5. The first-order valence-corrected chi connectivity index (χ1v) is 6.22. The van der Waals surface area contributed by atoms with E-state index in [1.165, 1.54) is 6.33 Å². The van der Waals surface area contributed by atoms with Crippen LogP contribution in [0.2, 0.25) is 0 Å². The SMILES string of the molecule is NC(=O)c1ccccc1Oc1ncnc2cc(N)ccc12. The Morgan fingerprint density at radius 3 is 2.71 bits per heavy atom. The number of rotatable bonds is 3. The number of nitrogens with two attached hydrogens (primary N) is 2. The normalized spacial score (nSPS) is 10.5. The van der Waals surface area contributed by atoms with Crippen LogP contribution in [0.3, 0.4) is 0 Å². The fourth-order valence-electron chi connectivity index (χ4n) is 1.99. The van der Waals surface area contributed by atoms with Gasteiger partial charge in [0.05, 0.1) is 16.5 Å². The predicted molar refractivity (Wildman–Crippen MR) is 79.0 cm³/mol. The molecule has 4 N–H and O–H groups in total. The fourth-order valence-corrected chi connectivity index (χ4v) is 1.99. The third-order valence-electron chi connectivity index (χ3n) is 2.98. The van der Waals surface area contributed by atoms with E-state index in [9.17, 15) is 4.79 Å². The summed E-state index contributed by atoms with van der Waals surface area (Å²) >= 11 is 0. The Hall–Kier alpha value is -3.15. The molecule has 1 amide bonds. The van der Waals surface area contributed by atoms with Crippen molar-refractivity contribution in [2.75, 3.05) is 5.73 Å². The van der Waals surface area contributed by atoms with E-state index in [1.807, 2.05) is 0 Å². The Morgan fingerprint density at radius 2 is 1.90 bits per heavy atom.